The quantitative estimate of drug-likeness (QED) is 0.871. The maximum Gasteiger partial charge on any atom is 0.176 e. The Kier molecular flexibility index (Phi) is 3.83. The van der Waals surface area contributed by atoms with Gasteiger partial charge in [0.15, 0.2) is 11.3 Å². The van der Waals surface area contributed by atoms with Gasteiger partial charge in [-0.25, -0.2) is 0 Å². The number of para-hydroxylation sites is 1. The average Bonchev–Trinajstić information content (AvgIpc) is 2.79. The normalized spacial score (nSPS) is 13.7. The molecule has 0 amide bonds. The van der Waals surface area contributed by atoms with Crippen LogP contribution in [0.3, 0.4) is 0 Å². The fraction of sp³-hybridized carbons (Fsp3) is 0.467. The lowest BCUT2D eigenvalue weighted by atomic mass is 9.99. The number of aliphatic hydroxyl groups excluding tert-OH is 1. The van der Waals surface area contributed by atoms with Gasteiger partial charge < -0.3 is 19.6 Å². The molecule has 4 nitrogen and oxygen atoms in total. The molecule has 0 bridgehead atoms. The van der Waals surface area contributed by atoms with Crippen LogP contribution in [0.2, 0.25) is 0 Å². The zero-order chi connectivity index (χ0) is 14.0. The van der Waals surface area contributed by atoms with Gasteiger partial charge in [-0.05, 0) is 32.9 Å². The van der Waals surface area contributed by atoms with Crippen LogP contribution in [0.5, 0.6) is 5.75 Å². The summed E-state index contributed by atoms with van der Waals surface area (Å²) in [4.78, 5) is 0. The van der Waals surface area contributed by atoms with E-state index in [9.17, 15) is 5.11 Å². The standard InChI is InChI=1S/C15H21NO3/c1-10(17)15(2,3)16-9-12-8-11-6-5-7-13(18-4)14(11)19-12/h5-8,10,16-17H,9H2,1-4H3. The molecule has 1 aromatic heterocycles. The summed E-state index contributed by atoms with van der Waals surface area (Å²) in [6.45, 7) is 6.26. The van der Waals surface area contributed by atoms with E-state index in [0.29, 0.717) is 6.54 Å². The van der Waals surface area contributed by atoms with Crippen molar-refractivity contribution in [2.24, 2.45) is 0 Å². The van der Waals surface area contributed by atoms with Crippen LogP contribution in [-0.4, -0.2) is 23.9 Å². The van der Waals surface area contributed by atoms with Gasteiger partial charge >= 0.3 is 0 Å². The zero-order valence-electron chi connectivity index (χ0n) is 11.9. The van der Waals surface area contributed by atoms with E-state index in [1.54, 1.807) is 14.0 Å². The second kappa shape index (κ2) is 5.23. The molecule has 2 aromatic rings. The minimum atomic E-state index is -0.439. The van der Waals surface area contributed by atoms with Gasteiger partial charge in [-0.3, -0.25) is 0 Å². The summed E-state index contributed by atoms with van der Waals surface area (Å²) in [5, 5.41) is 14.0. The summed E-state index contributed by atoms with van der Waals surface area (Å²) < 4.78 is 11.1. The minimum Gasteiger partial charge on any atom is -0.493 e. The van der Waals surface area contributed by atoms with Crippen LogP contribution in [0.4, 0.5) is 0 Å². The molecule has 0 aliphatic rings. The first kappa shape index (κ1) is 13.9. The van der Waals surface area contributed by atoms with Crippen molar-refractivity contribution < 1.29 is 14.3 Å². The van der Waals surface area contributed by atoms with E-state index in [0.717, 1.165) is 22.5 Å². The third kappa shape index (κ3) is 2.91. The Hall–Kier alpha value is -1.52. The molecule has 2 rings (SSSR count). The number of furan rings is 1. The first-order valence-electron chi connectivity index (χ1n) is 6.42. The van der Waals surface area contributed by atoms with Crippen LogP contribution in [0.15, 0.2) is 28.7 Å². The van der Waals surface area contributed by atoms with Gasteiger partial charge in [0, 0.05) is 10.9 Å². The van der Waals surface area contributed by atoms with Crippen molar-refractivity contribution in [1.82, 2.24) is 5.32 Å². The number of aliphatic hydroxyl groups is 1. The first-order chi connectivity index (χ1) is 8.94. The molecule has 0 saturated heterocycles. The number of nitrogens with one attached hydrogen (secondary N) is 1. The molecule has 0 spiro atoms. The average molecular weight is 263 g/mol. The van der Waals surface area contributed by atoms with Crippen molar-refractivity contribution >= 4 is 11.0 Å². The highest BCUT2D eigenvalue weighted by atomic mass is 16.5. The van der Waals surface area contributed by atoms with Gasteiger partial charge in [-0.15, -0.1) is 0 Å². The van der Waals surface area contributed by atoms with Crippen LogP contribution in [0.25, 0.3) is 11.0 Å². The van der Waals surface area contributed by atoms with Crippen molar-refractivity contribution in [3.8, 4) is 5.75 Å². The van der Waals surface area contributed by atoms with Crippen LogP contribution in [0, 0.1) is 0 Å². The molecule has 0 saturated carbocycles. The van der Waals surface area contributed by atoms with Gasteiger partial charge in [0.2, 0.25) is 0 Å². The predicted octanol–water partition coefficient (Wildman–Crippen LogP) is 2.69. The molecule has 0 aliphatic carbocycles. The number of methoxy groups -OCH3 is 1. The second-order valence-electron chi connectivity index (χ2n) is 5.34. The van der Waals surface area contributed by atoms with Crippen LogP contribution >= 0.6 is 0 Å². The van der Waals surface area contributed by atoms with Crippen LogP contribution < -0.4 is 10.1 Å². The minimum absolute atomic E-state index is 0.358. The van der Waals surface area contributed by atoms with Crippen molar-refractivity contribution in [2.45, 2.75) is 39.0 Å². The zero-order valence-corrected chi connectivity index (χ0v) is 11.9. The van der Waals surface area contributed by atoms with E-state index in [1.807, 2.05) is 38.1 Å². The number of benzene rings is 1. The lowest BCUT2D eigenvalue weighted by Crippen LogP contribution is -2.47. The largest absolute Gasteiger partial charge is 0.493 e. The number of hydrogen-bond donors (Lipinski definition) is 2. The maximum absolute atomic E-state index is 9.67. The van der Waals surface area contributed by atoms with Crippen molar-refractivity contribution in [2.75, 3.05) is 7.11 Å². The Morgan fingerprint density at radius 2 is 2.16 bits per heavy atom. The SMILES string of the molecule is COc1cccc2cc(CNC(C)(C)C(C)O)oc12. The molecule has 0 aliphatic heterocycles. The summed E-state index contributed by atoms with van der Waals surface area (Å²) in [6, 6.07) is 7.80. The molecule has 1 aromatic carbocycles. The molecule has 1 heterocycles. The molecule has 19 heavy (non-hydrogen) atoms. The molecule has 1 atom stereocenters. The number of ether oxygens (including phenoxy) is 1. The Labute approximate surface area is 113 Å². The van der Waals surface area contributed by atoms with Gasteiger partial charge in [-0.2, -0.15) is 0 Å². The van der Waals surface area contributed by atoms with E-state index < -0.39 is 6.10 Å². The fourth-order valence-corrected chi connectivity index (χ4v) is 1.80. The summed E-state index contributed by atoms with van der Waals surface area (Å²) >= 11 is 0. The van der Waals surface area contributed by atoms with Crippen molar-refractivity contribution in [1.29, 1.82) is 0 Å². The third-order valence-corrected chi connectivity index (χ3v) is 3.54. The second-order valence-corrected chi connectivity index (χ2v) is 5.34. The van der Waals surface area contributed by atoms with Crippen molar-refractivity contribution in [3.63, 3.8) is 0 Å². The van der Waals surface area contributed by atoms with Gasteiger partial charge in [0.05, 0.1) is 19.8 Å². The number of fused-ring (bicyclic) bond motifs is 1. The molecule has 104 valence electrons. The Morgan fingerprint density at radius 3 is 2.79 bits per heavy atom. The first-order valence-corrected chi connectivity index (χ1v) is 6.42. The van der Waals surface area contributed by atoms with E-state index in [2.05, 4.69) is 5.32 Å². The number of rotatable bonds is 5. The monoisotopic (exact) mass is 263 g/mol. The summed E-state index contributed by atoms with van der Waals surface area (Å²) in [5.41, 5.74) is 0.403. The molecule has 1 unspecified atom stereocenters. The van der Waals surface area contributed by atoms with E-state index in [1.165, 1.54) is 0 Å². The molecule has 0 fully saturated rings. The van der Waals surface area contributed by atoms with E-state index >= 15 is 0 Å². The van der Waals surface area contributed by atoms with Crippen LogP contribution in [-0.2, 0) is 6.54 Å². The van der Waals surface area contributed by atoms with Crippen molar-refractivity contribution in [3.05, 3.63) is 30.0 Å². The summed E-state index contributed by atoms with van der Waals surface area (Å²) in [6.07, 6.45) is -0.439. The van der Waals surface area contributed by atoms with Crippen LogP contribution in [0.1, 0.15) is 26.5 Å². The summed E-state index contributed by atoms with van der Waals surface area (Å²) in [7, 11) is 1.63. The molecule has 2 N–H and O–H groups in total. The predicted molar refractivity (Wildman–Crippen MR) is 75.4 cm³/mol. The third-order valence-electron chi connectivity index (χ3n) is 3.54. The maximum atomic E-state index is 9.67. The molecule has 4 heteroatoms. The molecular formula is C15H21NO3. The highest BCUT2D eigenvalue weighted by molar-refractivity contribution is 5.83. The lowest BCUT2D eigenvalue weighted by Gasteiger charge is -2.29. The topological polar surface area (TPSA) is 54.6 Å². The van der Waals surface area contributed by atoms with E-state index in [-0.39, 0.29) is 5.54 Å². The summed E-state index contributed by atoms with van der Waals surface area (Å²) in [5.74, 6) is 1.56. The highest BCUT2D eigenvalue weighted by Crippen LogP contribution is 2.28. The smallest absolute Gasteiger partial charge is 0.176 e. The lowest BCUT2D eigenvalue weighted by molar-refractivity contribution is 0.0943. The molecular weight excluding hydrogens is 242 g/mol. The Bertz CT molecular complexity index is 558. The molecule has 0 radical (unpaired) electrons. The Balaban J connectivity index is 2.18. The fourth-order valence-electron chi connectivity index (χ4n) is 1.80. The highest BCUT2D eigenvalue weighted by Gasteiger charge is 2.23. The van der Waals surface area contributed by atoms with E-state index in [4.69, 9.17) is 9.15 Å². The Morgan fingerprint density at radius 1 is 1.42 bits per heavy atom. The number of hydrogen-bond acceptors (Lipinski definition) is 4. The van der Waals surface area contributed by atoms with Gasteiger partial charge in [-0.1, -0.05) is 12.1 Å². The van der Waals surface area contributed by atoms with Gasteiger partial charge in [0.25, 0.3) is 0 Å². The van der Waals surface area contributed by atoms with Gasteiger partial charge in [0.1, 0.15) is 5.76 Å².